The molecule has 4 N–H and O–H groups in total. The molecule has 0 spiro atoms. The fourth-order valence-corrected chi connectivity index (χ4v) is 3.43. The molecule has 192 valence electrons. The number of carbonyl (C=O) groups is 3. The number of benzene rings is 1. The zero-order valence-corrected chi connectivity index (χ0v) is 21.4. The fourth-order valence-electron chi connectivity index (χ4n) is 3.18. The Balaban J connectivity index is 0.000000493. The summed E-state index contributed by atoms with van der Waals surface area (Å²) in [6, 6.07) is 9.88. The van der Waals surface area contributed by atoms with E-state index in [0.717, 1.165) is 45.3 Å². The van der Waals surface area contributed by atoms with E-state index in [2.05, 4.69) is 26.9 Å². The summed E-state index contributed by atoms with van der Waals surface area (Å²) in [5.41, 5.74) is 6.87. The number of ether oxygens (including phenoxy) is 1. The van der Waals surface area contributed by atoms with Gasteiger partial charge in [-0.25, -0.2) is 19.4 Å². The van der Waals surface area contributed by atoms with Crippen LogP contribution in [0.15, 0.2) is 48.7 Å². The topological polar surface area (TPSA) is 142 Å². The Hall–Kier alpha value is -3.99. The van der Waals surface area contributed by atoms with Gasteiger partial charge in [0.15, 0.2) is 5.65 Å². The first-order valence-corrected chi connectivity index (χ1v) is 12.4. The van der Waals surface area contributed by atoms with Crippen LogP contribution in [0.3, 0.4) is 0 Å². The third kappa shape index (κ3) is 8.35. The molecule has 1 amide bonds. The van der Waals surface area contributed by atoms with Gasteiger partial charge in [0.2, 0.25) is 0 Å². The van der Waals surface area contributed by atoms with Crippen molar-refractivity contribution in [1.82, 2.24) is 9.38 Å². The van der Waals surface area contributed by atoms with Crippen LogP contribution in [0.5, 0.6) is 0 Å². The van der Waals surface area contributed by atoms with E-state index in [0.29, 0.717) is 25.3 Å². The molecule has 1 aromatic carbocycles. The summed E-state index contributed by atoms with van der Waals surface area (Å²) in [6.07, 6.45) is 4.68. The molecular weight excluding hydrogens is 484 g/mol. The maximum Gasteiger partial charge on any atom is 0.411 e. The van der Waals surface area contributed by atoms with Crippen molar-refractivity contribution in [3.05, 3.63) is 71.2 Å². The van der Waals surface area contributed by atoms with Crippen molar-refractivity contribution in [2.45, 2.75) is 27.3 Å². The number of amides is 1. The van der Waals surface area contributed by atoms with Crippen LogP contribution in [0.1, 0.15) is 22.5 Å². The number of thioether (sulfide) groups is 1. The molecule has 0 aliphatic rings. The number of hydrogen-bond donors (Lipinski definition) is 4. The number of nitrogens with one attached hydrogen (secondary N) is 2. The van der Waals surface area contributed by atoms with Gasteiger partial charge in [-0.2, -0.15) is 11.8 Å². The van der Waals surface area contributed by atoms with Crippen LogP contribution >= 0.6 is 11.8 Å². The largest absolute Gasteiger partial charge is 0.478 e. The monoisotopic (exact) mass is 514 g/mol. The highest BCUT2D eigenvalue weighted by molar-refractivity contribution is 7.98. The van der Waals surface area contributed by atoms with Crippen molar-refractivity contribution in [1.29, 1.82) is 0 Å². The number of carboxylic acids is 2. The third-order valence-electron chi connectivity index (χ3n) is 5.12. The summed E-state index contributed by atoms with van der Waals surface area (Å²) in [5, 5.41) is 22.0. The Labute approximate surface area is 213 Å². The molecule has 0 radical (unpaired) electrons. The number of aromatic nitrogens is 2. The van der Waals surface area contributed by atoms with Crippen LogP contribution in [-0.2, 0) is 20.9 Å². The van der Waals surface area contributed by atoms with Gasteiger partial charge < -0.3 is 24.7 Å². The van der Waals surface area contributed by atoms with Gasteiger partial charge in [-0.3, -0.25) is 5.32 Å². The number of fused-ring (bicyclic) bond motifs is 1. The van der Waals surface area contributed by atoms with Crippen molar-refractivity contribution in [3.8, 4) is 0 Å². The summed E-state index contributed by atoms with van der Waals surface area (Å²) in [4.78, 5) is 35.8. The number of anilines is 2. The normalized spacial score (nSPS) is 10.6. The number of aryl methyl sites for hydroxylation is 3. The number of nitrogens with zero attached hydrogens (tertiary/aromatic N) is 2. The summed E-state index contributed by atoms with van der Waals surface area (Å²) in [6.45, 7) is 7.07. The number of pyridine rings is 1. The Bertz CT molecular complexity index is 1240. The van der Waals surface area contributed by atoms with E-state index >= 15 is 0 Å². The molecule has 2 heterocycles. The van der Waals surface area contributed by atoms with E-state index < -0.39 is 18.0 Å². The van der Waals surface area contributed by atoms with Gasteiger partial charge in [-0.05, 0) is 56.4 Å². The average Bonchev–Trinajstić information content (AvgIpc) is 3.12. The molecule has 10 nitrogen and oxygen atoms in total. The zero-order valence-electron chi connectivity index (χ0n) is 20.6. The molecule has 11 heteroatoms. The number of hydrogen-bond acceptors (Lipinski definition) is 7. The first kappa shape index (κ1) is 28.2. The quantitative estimate of drug-likeness (QED) is 0.240. The van der Waals surface area contributed by atoms with Crippen LogP contribution in [0.4, 0.5) is 16.2 Å². The van der Waals surface area contributed by atoms with Crippen LogP contribution in [-0.4, -0.2) is 56.2 Å². The fraction of sp³-hybridized carbons (Fsp3) is 0.280. The average molecular weight is 515 g/mol. The molecule has 3 aromatic rings. The molecule has 0 fully saturated rings. The summed E-state index contributed by atoms with van der Waals surface area (Å²) < 4.78 is 7.29. The van der Waals surface area contributed by atoms with Gasteiger partial charge in [-0.15, -0.1) is 0 Å². The molecular formula is C25H30N4O6S. The van der Waals surface area contributed by atoms with Crippen molar-refractivity contribution in [3.63, 3.8) is 0 Å². The lowest BCUT2D eigenvalue weighted by molar-refractivity contribution is -0.134. The van der Waals surface area contributed by atoms with Gasteiger partial charge in [0, 0.05) is 42.0 Å². The second-order valence-corrected chi connectivity index (χ2v) is 8.60. The van der Waals surface area contributed by atoms with E-state index in [-0.39, 0.29) is 0 Å². The molecule has 0 aliphatic heterocycles. The minimum absolute atomic E-state index is 0.396. The molecule has 36 heavy (non-hydrogen) atoms. The number of imidazole rings is 1. The van der Waals surface area contributed by atoms with E-state index in [4.69, 9.17) is 14.9 Å². The van der Waals surface area contributed by atoms with Crippen molar-refractivity contribution in [2.75, 3.05) is 29.2 Å². The number of aliphatic carboxylic acids is 2. The SMILES string of the molecule is CSCCOC(=O)Nc1cccc(C)c1CNc1cccn2c(C)c(C)nc12.O=C(O)/C=C/C(=O)O. The van der Waals surface area contributed by atoms with Crippen LogP contribution in [0, 0.1) is 20.8 Å². The van der Waals surface area contributed by atoms with Gasteiger partial charge in [0.25, 0.3) is 0 Å². The minimum atomic E-state index is -1.26. The highest BCUT2D eigenvalue weighted by Crippen LogP contribution is 2.24. The highest BCUT2D eigenvalue weighted by Gasteiger charge is 2.12. The van der Waals surface area contributed by atoms with E-state index in [1.165, 1.54) is 0 Å². The Morgan fingerprint density at radius 3 is 2.36 bits per heavy atom. The number of carboxylic acid groups (broad SMARTS) is 2. The maximum atomic E-state index is 12.1. The van der Waals surface area contributed by atoms with Gasteiger partial charge in [0.05, 0.1) is 11.4 Å². The second kappa shape index (κ2) is 13.8. The Morgan fingerprint density at radius 2 is 1.72 bits per heavy atom. The molecule has 3 rings (SSSR count). The van der Waals surface area contributed by atoms with E-state index in [9.17, 15) is 14.4 Å². The molecule has 0 bridgehead atoms. The lowest BCUT2D eigenvalue weighted by Gasteiger charge is -2.15. The van der Waals surface area contributed by atoms with Crippen molar-refractivity contribution < 1.29 is 29.3 Å². The first-order valence-electron chi connectivity index (χ1n) is 11.0. The van der Waals surface area contributed by atoms with Crippen LogP contribution in [0.25, 0.3) is 5.65 Å². The molecule has 0 saturated heterocycles. The maximum absolute atomic E-state index is 12.1. The smallest absolute Gasteiger partial charge is 0.411 e. The summed E-state index contributed by atoms with van der Waals surface area (Å²) >= 11 is 1.64. The molecule has 0 saturated carbocycles. The van der Waals surface area contributed by atoms with Gasteiger partial charge in [0.1, 0.15) is 6.61 Å². The molecule has 2 aromatic heterocycles. The predicted molar refractivity (Wildman–Crippen MR) is 141 cm³/mol. The zero-order chi connectivity index (χ0) is 26.7. The molecule has 0 aliphatic carbocycles. The van der Waals surface area contributed by atoms with Crippen LogP contribution in [0.2, 0.25) is 0 Å². The number of carbonyl (C=O) groups excluding carboxylic acids is 1. The Kier molecular flexibility index (Phi) is 10.8. The van der Waals surface area contributed by atoms with Crippen molar-refractivity contribution in [2.24, 2.45) is 0 Å². The van der Waals surface area contributed by atoms with Crippen molar-refractivity contribution >= 4 is 46.8 Å². The van der Waals surface area contributed by atoms with Gasteiger partial charge >= 0.3 is 18.0 Å². The molecule has 0 unspecified atom stereocenters. The summed E-state index contributed by atoms with van der Waals surface area (Å²) in [5.74, 6) is -1.73. The third-order valence-corrected chi connectivity index (χ3v) is 5.69. The minimum Gasteiger partial charge on any atom is -0.478 e. The standard InChI is InChI=1S/C21H26N4O2S.C4H4O4/c1-14-7-5-8-18(24-21(26)27-11-12-28-4)17(14)13-22-19-9-6-10-25-16(3)15(2)23-20(19)25;5-3(6)1-2-4(7)8/h5-10,22H,11-13H2,1-4H3,(H,24,26);1-2H,(H,5,6)(H,7,8)/b;2-1+. The number of rotatable bonds is 9. The van der Waals surface area contributed by atoms with E-state index in [1.807, 2.05) is 56.6 Å². The lowest BCUT2D eigenvalue weighted by atomic mass is 10.1. The lowest BCUT2D eigenvalue weighted by Crippen LogP contribution is -2.17. The first-order chi connectivity index (χ1) is 17.1. The highest BCUT2D eigenvalue weighted by atomic mass is 32.2. The van der Waals surface area contributed by atoms with Gasteiger partial charge in [-0.1, -0.05) is 12.1 Å². The predicted octanol–water partition coefficient (Wildman–Crippen LogP) is 4.49. The van der Waals surface area contributed by atoms with E-state index in [1.54, 1.807) is 11.8 Å². The molecule has 0 atom stereocenters. The Morgan fingerprint density at radius 1 is 1.06 bits per heavy atom. The second-order valence-electron chi connectivity index (χ2n) is 7.62. The summed E-state index contributed by atoms with van der Waals surface area (Å²) in [7, 11) is 0. The van der Waals surface area contributed by atoms with Crippen LogP contribution < -0.4 is 10.6 Å².